The third kappa shape index (κ3) is 3.81. The molecule has 0 heterocycles. The van der Waals surface area contributed by atoms with Crippen LogP contribution in [-0.2, 0) is 0 Å². The summed E-state index contributed by atoms with van der Waals surface area (Å²) in [6, 6.07) is 5.02. The van der Waals surface area contributed by atoms with Crippen LogP contribution in [0, 0.1) is 0 Å². The van der Waals surface area contributed by atoms with E-state index in [4.69, 9.17) is 11.6 Å². The van der Waals surface area contributed by atoms with Gasteiger partial charge in [-0.2, -0.15) is 0 Å². The molecule has 0 bridgehead atoms. The number of phenolic OH excluding ortho intramolecular Hbond substituents is 1. The first-order valence-corrected chi connectivity index (χ1v) is 4.91. The van der Waals surface area contributed by atoms with Crippen LogP contribution in [0.4, 0.5) is 0 Å². The molecule has 0 aliphatic rings. The third-order valence-electron chi connectivity index (χ3n) is 1.78. The summed E-state index contributed by atoms with van der Waals surface area (Å²) in [6.07, 6.45) is 4.95. The Bertz CT molecular complexity index is 303. The zero-order chi connectivity index (χ0) is 10.4. The van der Waals surface area contributed by atoms with Crippen molar-refractivity contribution in [3.8, 4) is 5.75 Å². The van der Waals surface area contributed by atoms with Crippen molar-refractivity contribution >= 4 is 17.7 Å². The summed E-state index contributed by atoms with van der Waals surface area (Å²) in [4.78, 5) is 0. The van der Waals surface area contributed by atoms with Gasteiger partial charge < -0.3 is 10.4 Å². The van der Waals surface area contributed by atoms with Gasteiger partial charge in [-0.25, -0.2) is 0 Å². The molecule has 0 atom stereocenters. The van der Waals surface area contributed by atoms with E-state index in [1.807, 2.05) is 25.3 Å². The molecule has 0 aromatic heterocycles. The first-order chi connectivity index (χ1) is 6.72. The monoisotopic (exact) mass is 211 g/mol. The van der Waals surface area contributed by atoms with Crippen molar-refractivity contribution in [2.24, 2.45) is 0 Å². The Hall–Kier alpha value is -0.990. The van der Waals surface area contributed by atoms with Crippen molar-refractivity contribution in [2.45, 2.75) is 6.42 Å². The molecule has 3 heteroatoms. The van der Waals surface area contributed by atoms with Gasteiger partial charge >= 0.3 is 0 Å². The highest BCUT2D eigenvalue weighted by Crippen LogP contribution is 2.20. The Morgan fingerprint density at radius 3 is 2.86 bits per heavy atom. The van der Waals surface area contributed by atoms with Crippen LogP contribution in [0.5, 0.6) is 5.75 Å². The van der Waals surface area contributed by atoms with E-state index in [1.54, 1.807) is 6.07 Å². The molecular formula is C11H14ClNO. The largest absolute Gasteiger partial charge is 0.508 e. The Balaban J connectivity index is 2.62. The zero-order valence-corrected chi connectivity index (χ0v) is 8.88. The van der Waals surface area contributed by atoms with E-state index in [1.165, 1.54) is 6.07 Å². The quantitative estimate of drug-likeness (QED) is 0.751. The van der Waals surface area contributed by atoms with Crippen LogP contribution < -0.4 is 5.32 Å². The summed E-state index contributed by atoms with van der Waals surface area (Å²) >= 11 is 5.78. The summed E-state index contributed by atoms with van der Waals surface area (Å²) in [5.41, 5.74) is 0.922. The predicted octanol–water partition coefficient (Wildman–Crippen LogP) is 2.67. The van der Waals surface area contributed by atoms with E-state index in [0.717, 1.165) is 18.5 Å². The molecule has 1 aromatic carbocycles. The number of hydrogen-bond acceptors (Lipinski definition) is 2. The number of rotatable bonds is 4. The lowest BCUT2D eigenvalue weighted by Crippen LogP contribution is -2.05. The summed E-state index contributed by atoms with van der Waals surface area (Å²) in [6.45, 7) is 0.947. The summed E-state index contributed by atoms with van der Waals surface area (Å²) in [5.74, 6) is 0.200. The van der Waals surface area contributed by atoms with E-state index in [-0.39, 0.29) is 5.75 Å². The number of halogens is 1. The SMILES string of the molecule is CNCCC=Cc1cc(O)cc(Cl)c1. The lowest BCUT2D eigenvalue weighted by Gasteiger charge is -1.97. The van der Waals surface area contributed by atoms with E-state index in [2.05, 4.69) is 5.32 Å². The van der Waals surface area contributed by atoms with Crippen molar-refractivity contribution in [1.29, 1.82) is 0 Å². The lowest BCUT2D eigenvalue weighted by atomic mass is 10.2. The molecule has 0 spiro atoms. The molecule has 0 aliphatic heterocycles. The van der Waals surface area contributed by atoms with Crippen molar-refractivity contribution < 1.29 is 5.11 Å². The van der Waals surface area contributed by atoms with Gasteiger partial charge in [-0.1, -0.05) is 23.8 Å². The number of hydrogen-bond donors (Lipinski definition) is 2. The van der Waals surface area contributed by atoms with E-state index >= 15 is 0 Å². The standard InChI is InChI=1S/C11H14ClNO/c1-13-5-3-2-4-9-6-10(12)8-11(14)7-9/h2,4,6-8,13-14H,3,5H2,1H3. The van der Waals surface area contributed by atoms with Crippen LogP contribution >= 0.6 is 11.6 Å². The third-order valence-corrected chi connectivity index (χ3v) is 1.99. The molecule has 0 saturated heterocycles. The average molecular weight is 212 g/mol. The summed E-state index contributed by atoms with van der Waals surface area (Å²) < 4.78 is 0. The fourth-order valence-electron chi connectivity index (χ4n) is 1.14. The van der Waals surface area contributed by atoms with Crippen LogP contribution in [0.3, 0.4) is 0 Å². The highest BCUT2D eigenvalue weighted by atomic mass is 35.5. The second-order valence-electron chi connectivity index (χ2n) is 3.04. The van der Waals surface area contributed by atoms with E-state index in [9.17, 15) is 5.11 Å². The second kappa shape index (κ2) is 5.68. The van der Waals surface area contributed by atoms with Gasteiger partial charge in [-0.05, 0) is 43.8 Å². The van der Waals surface area contributed by atoms with Crippen molar-refractivity contribution in [3.63, 3.8) is 0 Å². The van der Waals surface area contributed by atoms with Gasteiger partial charge in [-0.15, -0.1) is 0 Å². The zero-order valence-electron chi connectivity index (χ0n) is 8.13. The second-order valence-corrected chi connectivity index (χ2v) is 3.47. The van der Waals surface area contributed by atoms with Crippen molar-refractivity contribution in [2.75, 3.05) is 13.6 Å². The Morgan fingerprint density at radius 2 is 2.21 bits per heavy atom. The minimum atomic E-state index is 0.200. The van der Waals surface area contributed by atoms with Crippen LogP contribution in [0.2, 0.25) is 5.02 Å². The number of benzene rings is 1. The molecule has 1 aromatic rings. The van der Waals surface area contributed by atoms with Crippen LogP contribution in [-0.4, -0.2) is 18.7 Å². The minimum absolute atomic E-state index is 0.200. The molecule has 2 N–H and O–H groups in total. The maximum atomic E-state index is 9.27. The van der Waals surface area contributed by atoms with E-state index < -0.39 is 0 Å². The van der Waals surface area contributed by atoms with Gasteiger partial charge in [0.25, 0.3) is 0 Å². The number of aromatic hydroxyl groups is 1. The van der Waals surface area contributed by atoms with E-state index in [0.29, 0.717) is 5.02 Å². The van der Waals surface area contributed by atoms with Crippen LogP contribution in [0.1, 0.15) is 12.0 Å². The maximum Gasteiger partial charge on any atom is 0.117 e. The summed E-state index contributed by atoms with van der Waals surface area (Å²) in [7, 11) is 1.92. The molecule has 0 fully saturated rings. The molecule has 14 heavy (non-hydrogen) atoms. The predicted molar refractivity (Wildman–Crippen MR) is 60.7 cm³/mol. The molecular weight excluding hydrogens is 198 g/mol. The normalized spacial score (nSPS) is 11.0. The highest BCUT2D eigenvalue weighted by molar-refractivity contribution is 6.30. The van der Waals surface area contributed by atoms with Crippen molar-refractivity contribution in [3.05, 3.63) is 34.9 Å². The molecule has 0 radical (unpaired) electrons. The molecule has 2 nitrogen and oxygen atoms in total. The minimum Gasteiger partial charge on any atom is -0.508 e. The number of nitrogens with one attached hydrogen (secondary N) is 1. The average Bonchev–Trinajstić information content (AvgIpc) is 2.11. The molecule has 0 unspecified atom stereocenters. The smallest absolute Gasteiger partial charge is 0.117 e. The Morgan fingerprint density at radius 1 is 1.43 bits per heavy atom. The Labute approximate surface area is 89.2 Å². The maximum absolute atomic E-state index is 9.27. The molecule has 0 aliphatic carbocycles. The fourth-order valence-corrected chi connectivity index (χ4v) is 1.38. The topological polar surface area (TPSA) is 32.3 Å². The van der Waals surface area contributed by atoms with Gasteiger partial charge in [-0.3, -0.25) is 0 Å². The lowest BCUT2D eigenvalue weighted by molar-refractivity contribution is 0.475. The van der Waals surface area contributed by atoms with Gasteiger partial charge in [0.1, 0.15) is 5.75 Å². The summed E-state index contributed by atoms with van der Waals surface area (Å²) in [5, 5.41) is 12.9. The van der Waals surface area contributed by atoms with Gasteiger partial charge in [0, 0.05) is 5.02 Å². The molecule has 76 valence electrons. The van der Waals surface area contributed by atoms with Crippen LogP contribution in [0.25, 0.3) is 6.08 Å². The van der Waals surface area contributed by atoms with Gasteiger partial charge in [0.05, 0.1) is 0 Å². The fraction of sp³-hybridized carbons (Fsp3) is 0.273. The highest BCUT2D eigenvalue weighted by Gasteiger charge is 1.94. The molecule has 0 saturated carbocycles. The first-order valence-electron chi connectivity index (χ1n) is 4.53. The van der Waals surface area contributed by atoms with Gasteiger partial charge in [0.15, 0.2) is 0 Å². The number of phenols is 1. The van der Waals surface area contributed by atoms with Gasteiger partial charge in [0.2, 0.25) is 0 Å². The van der Waals surface area contributed by atoms with Crippen molar-refractivity contribution in [1.82, 2.24) is 5.32 Å². The molecule has 1 rings (SSSR count). The van der Waals surface area contributed by atoms with Crippen LogP contribution in [0.15, 0.2) is 24.3 Å². The first kappa shape index (κ1) is 11.1. The Kier molecular flexibility index (Phi) is 4.50. The molecule has 0 amide bonds.